The average Bonchev–Trinajstić information content (AvgIpc) is 2.69. The molecule has 2 nitrogen and oxygen atoms in total. The molecule has 0 saturated carbocycles. The molecule has 0 N–H and O–H groups in total. The van der Waals surface area contributed by atoms with Crippen molar-refractivity contribution in [2.75, 3.05) is 0 Å². The first-order valence-corrected chi connectivity index (χ1v) is 6.00. The van der Waals surface area contributed by atoms with Crippen LogP contribution in [0.25, 0.3) is 11.1 Å². The van der Waals surface area contributed by atoms with E-state index in [0.29, 0.717) is 0 Å². The molecule has 1 aliphatic rings. The smallest absolute Gasteiger partial charge is 0.0545 e. The van der Waals surface area contributed by atoms with Crippen molar-refractivity contribution in [1.82, 2.24) is 9.97 Å². The van der Waals surface area contributed by atoms with Gasteiger partial charge in [0.05, 0.1) is 11.4 Å². The summed E-state index contributed by atoms with van der Waals surface area (Å²) >= 11 is 0. The second-order valence-corrected chi connectivity index (χ2v) is 4.95. The zero-order valence-electron chi connectivity index (χ0n) is 10.8. The molecule has 0 aliphatic heterocycles. The van der Waals surface area contributed by atoms with Crippen LogP contribution in [0, 0.1) is 27.7 Å². The molecule has 0 spiro atoms. The van der Waals surface area contributed by atoms with Gasteiger partial charge in [0.2, 0.25) is 0 Å². The van der Waals surface area contributed by atoms with Crippen LogP contribution in [0.15, 0.2) is 12.4 Å². The maximum absolute atomic E-state index is 4.57. The topological polar surface area (TPSA) is 25.8 Å². The summed E-state index contributed by atoms with van der Waals surface area (Å²) in [6, 6.07) is 0. The highest BCUT2D eigenvalue weighted by Gasteiger charge is 2.25. The molecule has 3 rings (SSSR count). The molecule has 2 heterocycles. The van der Waals surface area contributed by atoms with Crippen LogP contribution in [0.3, 0.4) is 0 Å². The van der Waals surface area contributed by atoms with E-state index in [1.807, 2.05) is 12.4 Å². The Bertz CT molecular complexity index is 572. The largest absolute Gasteiger partial charge is 0.260 e. The van der Waals surface area contributed by atoms with Crippen molar-refractivity contribution in [1.29, 1.82) is 0 Å². The molecular weight excluding hydrogens is 208 g/mol. The van der Waals surface area contributed by atoms with Gasteiger partial charge in [-0.2, -0.15) is 0 Å². The molecule has 0 radical (unpaired) electrons. The van der Waals surface area contributed by atoms with Gasteiger partial charge in [-0.15, -0.1) is 0 Å². The van der Waals surface area contributed by atoms with Crippen LogP contribution < -0.4 is 0 Å². The Morgan fingerprint density at radius 3 is 1.59 bits per heavy atom. The summed E-state index contributed by atoms with van der Waals surface area (Å²) in [5, 5.41) is 0. The van der Waals surface area contributed by atoms with E-state index in [4.69, 9.17) is 0 Å². The number of nitrogens with zero attached hydrogens (tertiary/aromatic N) is 2. The van der Waals surface area contributed by atoms with Gasteiger partial charge in [0.25, 0.3) is 0 Å². The molecule has 2 aromatic rings. The molecule has 0 saturated heterocycles. The standard InChI is InChI=1S/C15H16N2/c1-8-6-16-12-5-13-15(14(12)10(8)3)11(4)9(2)7-17-13/h6-7H,5H2,1-4H3. The summed E-state index contributed by atoms with van der Waals surface area (Å²) in [4.78, 5) is 9.13. The van der Waals surface area contributed by atoms with Crippen molar-refractivity contribution in [3.63, 3.8) is 0 Å². The zero-order chi connectivity index (χ0) is 12.2. The first-order chi connectivity index (χ1) is 8.09. The van der Waals surface area contributed by atoms with Crippen LogP contribution in [0.2, 0.25) is 0 Å². The van der Waals surface area contributed by atoms with Crippen LogP contribution >= 0.6 is 0 Å². The van der Waals surface area contributed by atoms with E-state index >= 15 is 0 Å². The van der Waals surface area contributed by atoms with Gasteiger partial charge in [0, 0.05) is 29.9 Å². The van der Waals surface area contributed by atoms with Gasteiger partial charge in [0.15, 0.2) is 0 Å². The second-order valence-electron chi connectivity index (χ2n) is 4.95. The number of pyridine rings is 2. The van der Waals surface area contributed by atoms with E-state index in [2.05, 4.69) is 37.7 Å². The highest BCUT2D eigenvalue weighted by Crippen LogP contribution is 2.40. The number of fused-ring (bicyclic) bond motifs is 3. The van der Waals surface area contributed by atoms with Gasteiger partial charge in [-0.1, -0.05) is 0 Å². The molecule has 0 atom stereocenters. The first kappa shape index (κ1) is 10.5. The summed E-state index contributed by atoms with van der Waals surface area (Å²) in [6.45, 7) is 8.62. The molecule has 0 bridgehead atoms. The lowest BCUT2D eigenvalue weighted by molar-refractivity contribution is 1.04. The normalized spacial score (nSPS) is 12.5. The Morgan fingerprint density at radius 1 is 0.765 bits per heavy atom. The number of aryl methyl sites for hydroxylation is 2. The lowest BCUT2D eigenvalue weighted by Gasteiger charge is -2.11. The minimum absolute atomic E-state index is 0.882. The number of aromatic nitrogens is 2. The highest BCUT2D eigenvalue weighted by atomic mass is 14.8. The molecular formula is C15H16N2. The Labute approximate surface area is 102 Å². The minimum Gasteiger partial charge on any atom is -0.260 e. The van der Waals surface area contributed by atoms with Crippen LogP contribution in [0.1, 0.15) is 33.6 Å². The number of hydrogen-bond acceptors (Lipinski definition) is 2. The summed E-state index contributed by atoms with van der Waals surface area (Å²) in [6.07, 6.45) is 4.83. The summed E-state index contributed by atoms with van der Waals surface area (Å²) in [7, 11) is 0. The van der Waals surface area contributed by atoms with E-state index < -0.39 is 0 Å². The Hall–Kier alpha value is -1.70. The van der Waals surface area contributed by atoms with Crippen molar-refractivity contribution < 1.29 is 0 Å². The molecule has 0 amide bonds. The summed E-state index contributed by atoms with van der Waals surface area (Å²) in [5.74, 6) is 0. The van der Waals surface area contributed by atoms with Crippen LogP contribution in [0.4, 0.5) is 0 Å². The van der Waals surface area contributed by atoms with Crippen molar-refractivity contribution >= 4 is 0 Å². The molecule has 1 aliphatic carbocycles. The van der Waals surface area contributed by atoms with Crippen LogP contribution in [-0.4, -0.2) is 9.97 Å². The van der Waals surface area contributed by atoms with Gasteiger partial charge in [-0.05, 0) is 49.9 Å². The quantitative estimate of drug-likeness (QED) is 0.585. The molecule has 0 unspecified atom stereocenters. The SMILES string of the molecule is Cc1cnc2c(c1C)-c1c(ncc(C)c1C)C2. The Morgan fingerprint density at radius 2 is 1.18 bits per heavy atom. The van der Waals surface area contributed by atoms with Gasteiger partial charge >= 0.3 is 0 Å². The zero-order valence-corrected chi connectivity index (χ0v) is 10.8. The molecule has 86 valence electrons. The second kappa shape index (κ2) is 3.39. The fourth-order valence-electron chi connectivity index (χ4n) is 2.59. The third-order valence-electron chi connectivity index (χ3n) is 3.92. The fourth-order valence-corrected chi connectivity index (χ4v) is 2.59. The van der Waals surface area contributed by atoms with Crippen molar-refractivity contribution in [3.05, 3.63) is 46.0 Å². The summed E-state index contributed by atoms with van der Waals surface area (Å²) < 4.78 is 0. The predicted octanol–water partition coefficient (Wildman–Crippen LogP) is 3.28. The minimum atomic E-state index is 0.882. The van der Waals surface area contributed by atoms with Gasteiger partial charge < -0.3 is 0 Å². The van der Waals surface area contributed by atoms with Crippen molar-refractivity contribution in [2.45, 2.75) is 34.1 Å². The van der Waals surface area contributed by atoms with Gasteiger partial charge in [0.1, 0.15) is 0 Å². The average molecular weight is 224 g/mol. The van der Waals surface area contributed by atoms with E-state index in [-0.39, 0.29) is 0 Å². The molecule has 2 heteroatoms. The maximum atomic E-state index is 4.57. The third-order valence-corrected chi connectivity index (χ3v) is 3.92. The van der Waals surface area contributed by atoms with E-state index in [1.54, 1.807) is 0 Å². The first-order valence-electron chi connectivity index (χ1n) is 6.00. The Kier molecular flexibility index (Phi) is 2.09. The van der Waals surface area contributed by atoms with Gasteiger partial charge in [-0.3, -0.25) is 9.97 Å². The fraction of sp³-hybridized carbons (Fsp3) is 0.333. The molecule has 2 aromatic heterocycles. The Balaban J connectivity index is 2.40. The number of rotatable bonds is 0. The van der Waals surface area contributed by atoms with E-state index in [9.17, 15) is 0 Å². The lowest BCUT2D eigenvalue weighted by atomic mass is 9.96. The highest BCUT2D eigenvalue weighted by molar-refractivity contribution is 5.80. The molecule has 0 aromatic carbocycles. The van der Waals surface area contributed by atoms with Crippen LogP contribution in [-0.2, 0) is 6.42 Å². The maximum Gasteiger partial charge on any atom is 0.0545 e. The third kappa shape index (κ3) is 1.33. The predicted molar refractivity (Wildman–Crippen MR) is 69.2 cm³/mol. The molecule has 0 fully saturated rings. The van der Waals surface area contributed by atoms with Crippen molar-refractivity contribution in [2.24, 2.45) is 0 Å². The molecule has 17 heavy (non-hydrogen) atoms. The monoisotopic (exact) mass is 224 g/mol. The lowest BCUT2D eigenvalue weighted by Crippen LogP contribution is -1.94. The van der Waals surface area contributed by atoms with Gasteiger partial charge in [-0.25, -0.2) is 0 Å². The van der Waals surface area contributed by atoms with Crippen molar-refractivity contribution in [3.8, 4) is 11.1 Å². The van der Waals surface area contributed by atoms with Crippen LogP contribution in [0.5, 0.6) is 0 Å². The number of hydrogen-bond donors (Lipinski definition) is 0. The van der Waals surface area contributed by atoms with E-state index in [0.717, 1.165) is 6.42 Å². The summed E-state index contributed by atoms with van der Waals surface area (Å²) in [5.41, 5.74) is 10.2. The van der Waals surface area contributed by atoms with E-state index in [1.165, 1.54) is 44.8 Å².